The van der Waals surface area contributed by atoms with Gasteiger partial charge in [-0.3, -0.25) is 0 Å². The molecular formula is C18H26N4OS. The lowest BCUT2D eigenvalue weighted by Gasteiger charge is -2.11. The highest BCUT2D eigenvalue weighted by Gasteiger charge is 2.05. The van der Waals surface area contributed by atoms with Gasteiger partial charge in [0.2, 0.25) is 0 Å². The number of nitrogens with zero attached hydrogens (tertiary/aromatic N) is 2. The number of nitrogens with one attached hydrogen (secondary N) is 2. The van der Waals surface area contributed by atoms with Crippen molar-refractivity contribution in [3.63, 3.8) is 0 Å². The Kier molecular flexibility index (Phi) is 7.06. The van der Waals surface area contributed by atoms with Gasteiger partial charge < -0.3 is 15.4 Å². The van der Waals surface area contributed by atoms with Crippen LogP contribution in [0.15, 0.2) is 29.4 Å². The summed E-state index contributed by atoms with van der Waals surface area (Å²) in [6, 6.07) is 6.18. The van der Waals surface area contributed by atoms with Crippen LogP contribution in [-0.2, 0) is 19.5 Å². The molecule has 0 aliphatic carbocycles. The number of benzene rings is 1. The van der Waals surface area contributed by atoms with Crippen LogP contribution in [0.3, 0.4) is 0 Å². The zero-order valence-corrected chi connectivity index (χ0v) is 15.7. The second-order valence-corrected chi connectivity index (χ2v) is 6.64. The van der Waals surface area contributed by atoms with Gasteiger partial charge in [-0.25, -0.2) is 9.98 Å². The summed E-state index contributed by atoms with van der Waals surface area (Å²) < 4.78 is 5.44. The summed E-state index contributed by atoms with van der Waals surface area (Å²) in [5.74, 6) is 1.66. The number of ether oxygens (including phenoxy) is 1. The van der Waals surface area contributed by atoms with E-state index in [1.807, 2.05) is 12.3 Å². The number of methoxy groups -OCH3 is 1. The molecule has 6 heteroatoms. The zero-order chi connectivity index (χ0) is 17.4. The molecule has 1 heterocycles. The van der Waals surface area contributed by atoms with Crippen LogP contribution in [0, 0.1) is 6.92 Å². The van der Waals surface area contributed by atoms with E-state index in [2.05, 4.69) is 53.5 Å². The summed E-state index contributed by atoms with van der Waals surface area (Å²) in [5.41, 5.74) is 2.25. The van der Waals surface area contributed by atoms with Gasteiger partial charge in [0.25, 0.3) is 0 Å². The molecule has 2 N–H and O–H groups in total. The number of hydrogen-bond acceptors (Lipinski definition) is 4. The minimum Gasteiger partial charge on any atom is -0.496 e. The van der Waals surface area contributed by atoms with E-state index >= 15 is 0 Å². The minimum atomic E-state index is 0.566. The van der Waals surface area contributed by atoms with Gasteiger partial charge in [-0.1, -0.05) is 19.1 Å². The van der Waals surface area contributed by atoms with Crippen molar-refractivity contribution in [3.05, 3.63) is 45.4 Å². The quantitative estimate of drug-likeness (QED) is 0.597. The van der Waals surface area contributed by atoms with Crippen LogP contribution in [0.25, 0.3) is 0 Å². The maximum Gasteiger partial charge on any atom is 0.191 e. The fraction of sp³-hybridized carbons (Fsp3) is 0.444. The molecule has 0 saturated carbocycles. The molecule has 2 rings (SSSR count). The van der Waals surface area contributed by atoms with E-state index in [4.69, 9.17) is 4.74 Å². The van der Waals surface area contributed by atoms with Gasteiger partial charge in [0.15, 0.2) is 5.96 Å². The van der Waals surface area contributed by atoms with E-state index in [0.717, 1.165) is 35.2 Å². The van der Waals surface area contributed by atoms with Gasteiger partial charge in [-0.05, 0) is 31.9 Å². The largest absolute Gasteiger partial charge is 0.496 e. The van der Waals surface area contributed by atoms with Gasteiger partial charge in [-0.2, -0.15) is 0 Å². The van der Waals surface area contributed by atoms with E-state index in [0.29, 0.717) is 13.1 Å². The molecular weight excluding hydrogens is 320 g/mol. The van der Waals surface area contributed by atoms with Gasteiger partial charge in [0, 0.05) is 23.2 Å². The first-order chi connectivity index (χ1) is 11.7. The molecule has 0 bridgehead atoms. The summed E-state index contributed by atoms with van der Waals surface area (Å²) in [7, 11) is 1.69. The highest BCUT2D eigenvalue weighted by Crippen LogP contribution is 2.20. The Morgan fingerprint density at radius 2 is 2.12 bits per heavy atom. The predicted molar refractivity (Wildman–Crippen MR) is 101 cm³/mol. The zero-order valence-electron chi connectivity index (χ0n) is 14.8. The molecule has 0 unspecified atom stereocenters. The number of guanidine groups is 1. The number of rotatable bonds is 7. The van der Waals surface area contributed by atoms with Crippen LogP contribution < -0.4 is 15.4 Å². The first kappa shape index (κ1) is 18.3. The Bertz CT molecular complexity index is 681. The summed E-state index contributed by atoms with van der Waals surface area (Å²) in [6.07, 6.45) is 2.97. The third-order valence-corrected chi connectivity index (χ3v) is 4.69. The highest BCUT2D eigenvalue weighted by atomic mass is 32.1. The van der Waals surface area contributed by atoms with Crippen molar-refractivity contribution in [2.45, 2.75) is 40.3 Å². The molecule has 0 radical (unpaired) electrons. The Balaban J connectivity index is 2.02. The molecule has 1 aromatic carbocycles. The number of hydrogen-bond donors (Lipinski definition) is 2. The first-order valence-corrected chi connectivity index (χ1v) is 9.07. The number of aryl methyl sites for hydroxylation is 2. The van der Waals surface area contributed by atoms with Crippen molar-refractivity contribution in [3.8, 4) is 5.75 Å². The molecule has 130 valence electrons. The molecule has 0 saturated heterocycles. The summed E-state index contributed by atoms with van der Waals surface area (Å²) in [4.78, 5) is 10.4. The molecule has 0 aliphatic rings. The van der Waals surface area contributed by atoms with E-state index in [-0.39, 0.29) is 0 Å². The summed E-state index contributed by atoms with van der Waals surface area (Å²) in [5, 5.41) is 7.68. The Morgan fingerprint density at radius 1 is 1.29 bits per heavy atom. The highest BCUT2D eigenvalue weighted by molar-refractivity contribution is 7.11. The molecule has 0 amide bonds. The van der Waals surface area contributed by atoms with Gasteiger partial charge in [0.1, 0.15) is 10.8 Å². The maximum atomic E-state index is 5.44. The molecule has 0 spiro atoms. The van der Waals surface area contributed by atoms with Crippen molar-refractivity contribution in [1.29, 1.82) is 0 Å². The van der Waals surface area contributed by atoms with Crippen molar-refractivity contribution in [1.82, 2.24) is 15.6 Å². The van der Waals surface area contributed by atoms with E-state index in [9.17, 15) is 0 Å². The molecule has 0 fully saturated rings. The van der Waals surface area contributed by atoms with Crippen LogP contribution in [0.5, 0.6) is 5.75 Å². The van der Waals surface area contributed by atoms with Crippen LogP contribution >= 0.6 is 11.3 Å². The number of aliphatic imine (C=N–C) groups is 1. The van der Waals surface area contributed by atoms with E-state index in [1.54, 1.807) is 18.4 Å². The molecule has 2 aromatic rings. The Labute approximate surface area is 148 Å². The Morgan fingerprint density at radius 3 is 2.79 bits per heavy atom. The average molecular weight is 347 g/mol. The Hall–Kier alpha value is -2.08. The van der Waals surface area contributed by atoms with Crippen LogP contribution in [0.1, 0.15) is 34.9 Å². The van der Waals surface area contributed by atoms with Gasteiger partial charge >= 0.3 is 0 Å². The van der Waals surface area contributed by atoms with E-state index < -0.39 is 0 Å². The molecule has 0 aliphatic heterocycles. The third-order valence-electron chi connectivity index (χ3n) is 3.55. The topological polar surface area (TPSA) is 58.5 Å². The standard InChI is InChI=1S/C18H26N4OS/c1-5-15-11-20-17(24-15)12-22-18(19-6-2)21-10-14-8-7-13(3)9-16(14)23-4/h7-9,11H,5-6,10,12H2,1-4H3,(H2,19,21,22). The molecule has 1 aromatic heterocycles. The van der Waals surface area contributed by atoms with Gasteiger partial charge in [0.05, 0.1) is 20.2 Å². The normalized spacial score (nSPS) is 11.4. The maximum absolute atomic E-state index is 5.44. The van der Waals surface area contributed by atoms with Crippen LogP contribution in [0.4, 0.5) is 0 Å². The minimum absolute atomic E-state index is 0.566. The van der Waals surface area contributed by atoms with Crippen molar-refractivity contribution < 1.29 is 4.74 Å². The smallest absolute Gasteiger partial charge is 0.191 e. The first-order valence-electron chi connectivity index (χ1n) is 8.25. The van der Waals surface area contributed by atoms with Crippen LogP contribution in [-0.4, -0.2) is 24.6 Å². The molecule has 0 atom stereocenters. The fourth-order valence-electron chi connectivity index (χ4n) is 2.24. The molecule has 5 nitrogen and oxygen atoms in total. The lowest BCUT2D eigenvalue weighted by Crippen LogP contribution is -2.36. The lowest BCUT2D eigenvalue weighted by atomic mass is 10.1. The molecule has 24 heavy (non-hydrogen) atoms. The second-order valence-electron chi connectivity index (χ2n) is 5.44. The fourth-order valence-corrected chi connectivity index (χ4v) is 3.04. The SMILES string of the molecule is CCNC(=NCc1ccc(C)cc1OC)NCc1ncc(CC)s1. The summed E-state index contributed by atoms with van der Waals surface area (Å²) in [6.45, 7) is 8.32. The van der Waals surface area contributed by atoms with Crippen molar-refractivity contribution in [2.24, 2.45) is 4.99 Å². The number of thiazole rings is 1. The summed E-state index contributed by atoms with van der Waals surface area (Å²) >= 11 is 1.74. The van der Waals surface area contributed by atoms with Crippen LogP contribution in [0.2, 0.25) is 0 Å². The monoisotopic (exact) mass is 346 g/mol. The van der Waals surface area contributed by atoms with E-state index in [1.165, 1.54) is 10.4 Å². The lowest BCUT2D eigenvalue weighted by molar-refractivity contribution is 0.409. The number of aromatic nitrogens is 1. The second kappa shape index (κ2) is 9.27. The van der Waals surface area contributed by atoms with Crippen molar-refractivity contribution >= 4 is 17.3 Å². The van der Waals surface area contributed by atoms with Crippen molar-refractivity contribution in [2.75, 3.05) is 13.7 Å². The predicted octanol–water partition coefficient (Wildman–Crippen LogP) is 3.28. The van der Waals surface area contributed by atoms with Gasteiger partial charge in [-0.15, -0.1) is 11.3 Å². The average Bonchev–Trinajstić information content (AvgIpc) is 3.06. The third kappa shape index (κ3) is 5.23.